The summed E-state index contributed by atoms with van der Waals surface area (Å²) in [5.41, 5.74) is 6.07. The molecule has 2 aliphatic rings. The number of rotatable bonds is 3. The van der Waals surface area contributed by atoms with Crippen molar-refractivity contribution < 1.29 is 9.32 Å². The van der Waals surface area contributed by atoms with Gasteiger partial charge in [-0.2, -0.15) is 4.98 Å². The molecule has 1 aromatic rings. The van der Waals surface area contributed by atoms with E-state index in [-0.39, 0.29) is 17.9 Å². The van der Waals surface area contributed by atoms with Gasteiger partial charge in [-0.05, 0) is 31.6 Å². The molecule has 2 heterocycles. The van der Waals surface area contributed by atoms with Crippen molar-refractivity contribution in [1.29, 1.82) is 0 Å². The predicted octanol–water partition coefficient (Wildman–Crippen LogP) is 1.29. The van der Waals surface area contributed by atoms with Gasteiger partial charge in [0.05, 0.1) is 5.92 Å². The Bertz CT molecular complexity index is 502. The molecule has 6 heteroatoms. The first-order chi connectivity index (χ1) is 10.1. The number of aryl methyl sites for hydroxylation is 1. The van der Waals surface area contributed by atoms with Crippen LogP contribution in [0.5, 0.6) is 0 Å². The Labute approximate surface area is 125 Å². The second kappa shape index (κ2) is 6.13. The molecular formula is C15H24N4O2. The average Bonchev–Trinajstić information content (AvgIpc) is 3.07. The van der Waals surface area contributed by atoms with Crippen LogP contribution in [0.4, 0.5) is 0 Å². The van der Waals surface area contributed by atoms with E-state index >= 15 is 0 Å². The number of hydrogen-bond acceptors (Lipinski definition) is 5. The topological polar surface area (TPSA) is 85.2 Å². The number of nitrogens with zero attached hydrogens (tertiary/aromatic N) is 3. The Hall–Kier alpha value is -1.43. The standard InChI is InChI=1S/C15H24N4O2/c1-10-17-14(18-21-10)8-11-4-3-7-19(9-11)15(20)12-5-2-6-13(12)16/h11-13H,2-9,16H2,1H3. The summed E-state index contributed by atoms with van der Waals surface area (Å²) in [4.78, 5) is 18.9. The van der Waals surface area contributed by atoms with Crippen molar-refractivity contribution in [2.75, 3.05) is 13.1 Å². The number of hydrogen-bond donors (Lipinski definition) is 1. The van der Waals surface area contributed by atoms with E-state index in [0.717, 1.165) is 57.4 Å². The number of amides is 1. The summed E-state index contributed by atoms with van der Waals surface area (Å²) in [7, 11) is 0. The zero-order chi connectivity index (χ0) is 14.8. The van der Waals surface area contributed by atoms with Gasteiger partial charge >= 0.3 is 0 Å². The van der Waals surface area contributed by atoms with E-state index in [1.54, 1.807) is 6.92 Å². The fourth-order valence-electron chi connectivity index (χ4n) is 3.64. The van der Waals surface area contributed by atoms with Gasteiger partial charge in [0.1, 0.15) is 0 Å². The summed E-state index contributed by atoms with van der Waals surface area (Å²) < 4.78 is 5.02. The molecule has 21 heavy (non-hydrogen) atoms. The number of aromatic nitrogens is 2. The second-order valence-corrected chi connectivity index (χ2v) is 6.43. The van der Waals surface area contributed by atoms with Gasteiger partial charge in [0.25, 0.3) is 0 Å². The van der Waals surface area contributed by atoms with Crippen molar-refractivity contribution in [2.45, 2.75) is 51.5 Å². The van der Waals surface area contributed by atoms with Gasteiger partial charge in [-0.1, -0.05) is 11.6 Å². The van der Waals surface area contributed by atoms with Crippen molar-refractivity contribution in [1.82, 2.24) is 15.0 Å². The smallest absolute Gasteiger partial charge is 0.227 e. The highest BCUT2D eigenvalue weighted by molar-refractivity contribution is 5.80. The number of carbonyl (C=O) groups is 1. The minimum atomic E-state index is 0.0381. The maximum atomic E-state index is 12.6. The summed E-state index contributed by atoms with van der Waals surface area (Å²) in [5.74, 6) is 2.08. The first-order valence-corrected chi connectivity index (χ1v) is 7.97. The van der Waals surface area contributed by atoms with E-state index in [9.17, 15) is 4.79 Å². The molecule has 1 aliphatic carbocycles. The van der Waals surface area contributed by atoms with Gasteiger partial charge in [-0.25, -0.2) is 0 Å². The van der Waals surface area contributed by atoms with Crippen LogP contribution in [0.1, 0.15) is 43.8 Å². The molecule has 3 atom stereocenters. The van der Waals surface area contributed by atoms with Crippen molar-refractivity contribution in [2.24, 2.45) is 17.6 Å². The van der Waals surface area contributed by atoms with Crippen molar-refractivity contribution in [3.63, 3.8) is 0 Å². The Balaban J connectivity index is 1.58. The van der Waals surface area contributed by atoms with Crippen LogP contribution in [-0.4, -0.2) is 40.1 Å². The van der Waals surface area contributed by atoms with E-state index in [2.05, 4.69) is 10.1 Å². The monoisotopic (exact) mass is 292 g/mol. The van der Waals surface area contributed by atoms with Crippen LogP contribution < -0.4 is 5.73 Å². The van der Waals surface area contributed by atoms with Gasteiger partial charge in [0.2, 0.25) is 11.8 Å². The third-order valence-corrected chi connectivity index (χ3v) is 4.76. The van der Waals surface area contributed by atoms with Gasteiger partial charge in [0.15, 0.2) is 5.82 Å². The Morgan fingerprint density at radius 1 is 1.38 bits per heavy atom. The molecule has 0 aromatic carbocycles. The quantitative estimate of drug-likeness (QED) is 0.907. The molecule has 3 rings (SSSR count). The highest BCUT2D eigenvalue weighted by Crippen LogP contribution is 2.28. The zero-order valence-electron chi connectivity index (χ0n) is 12.6. The summed E-state index contributed by atoms with van der Waals surface area (Å²) in [6.07, 6.45) is 5.97. The van der Waals surface area contributed by atoms with Crippen LogP contribution in [0.25, 0.3) is 0 Å². The molecule has 1 aromatic heterocycles. The SMILES string of the molecule is Cc1nc(CC2CCCN(C(=O)C3CCCC3N)C2)no1. The van der Waals surface area contributed by atoms with Crippen LogP contribution in [0, 0.1) is 18.8 Å². The molecule has 3 unspecified atom stereocenters. The Morgan fingerprint density at radius 3 is 2.90 bits per heavy atom. The summed E-state index contributed by atoms with van der Waals surface area (Å²) >= 11 is 0. The predicted molar refractivity (Wildman–Crippen MR) is 77.4 cm³/mol. The van der Waals surface area contributed by atoms with Crippen LogP contribution in [0.2, 0.25) is 0 Å². The van der Waals surface area contributed by atoms with E-state index in [1.165, 1.54) is 0 Å². The summed E-state index contributed by atoms with van der Waals surface area (Å²) in [5, 5.41) is 3.96. The molecular weight excluding hydrogens is 268 g/mol. The molecule has 6 nitrogen and oxygen atoms in total. The van der Waals surface area contributed by atoms with Crippen molar-refractivity contribution >= 4 is 5.91 Å². The fraction of sp³-hybridized carbons (Fsp3) is 0.800. The maximum absolute atomic E-state index is 12.6. The molecule has 1 aliphatic heterocycles. The molecule has 116 valence electrons. The molecule has 0 bridgehead atoms. The van der Waals surface area contributed by atoms with Crippen LogP contribution in [-0.2, 0) is 11.2 Å². The average molecular weight is 292 g/mol. The molecule has 1 saturated heterocycles. The molecule has 0 spiro atoms. The van der Waals surface area contributed by atoms with Gasteiger partial charge in [-0.3, -0.25) is 4.79 Å². The van der Waals surface area contributed by atoms with Crippen molar-refractivity contribution in [3.05, 3.63) is 11.7 Å². The number of carbonyl (C=O) groups excluding carboxylic acids is 1. The number of piperidine rings is 1. The fourth-order valence-corrected chi connectivity index (χ4v) is 3.64. The van der Waals surface area contributed by atoms with Gasteiger partial charge < -0.3 is 15.2 Å². The first-order valence-electron chi connectivity index (χ1n) is 7.97. The lowest BCUT2D eigenvalue weighted by molar-refractivity contribution is -0.137. The largest absolute Gasteiger partial charge is 0.342 e. The lowest BCUT2D eigenvalue weighted by Gasteiger charge is -2.34. The van der Waals surface area contributed by atoms with E-state index in [1.807, 2.05) is 4.90 Å². The van der Waals surface area contributed by atoms with E-state index < -0.39 is 0 Å². The lowest BCUT2D eigenvalue weighted by atomic mass is 9.92. The molecule has 2 fully saturated rings. The van der Waals surface area contributed by atoms with Crippen LogP contribution in [0.15, 0.2) is 4.52 Å². The highest BCUT2D eigenvalue weighted by Gasteiger charge is 2.35. The molecule has 1 saturated carbocycles. The van der Waals surface area contributed by atoms with Crippen LogP contribution >= 0.6 is 0 Å². The lowest BCUT2D eigenvalue weighted by Crippen LogP contribution is -2.46. The minimum absolute atomic E-state index is 0.0381. The molecule has 1 amide bonds. The summed E-state index contributed by atoms with van der Waals surface area (Å²) in [6, 6.07) is 0.0535. The van der Waals surface area contributed by atoms with E-state index in [0.29, 0.717) is 11.8 Å². The number of nitrogens with two attached hydrogens (primary N) is 1. The van der Waals surface area contributed by atoms with E-state index in [4.69, 9.17) is 10.3 Å². The van der Waals surface area contributed by atoms with Crippen LogP contribution in [0.3, 0.4) is 0 Å². The number of likely N-dealkylation sites (tertiary alicyclic amines) is 1. The van der Waals surface area contributed by atoms with Gasteiger partial charge in [0, 0.05) is 32.5 Å². The normalized spacial score (nSPS) is 29.8. The highest BCUT2D eigenvalue weighted by atomic mass is 16.5. The third kappa shape index (κ3) is 3.26. The first kappa shape index (κ1) is 14.5. The maximum Gasteiger partial charge on any atom is 0.227 e. The molecule has 0 radical (unpaired) electrons. The van der Waals surface area contributed by atoms with Gasteiger partial charge in [-0.15, -0.1) is 0 Å². The second-order valence-electron chi connectivity index (χ2n) is 6.43. The third-order valence-electron chi connectivity index (χ3n) is 4.76. The summed E-state index contributed by atoms with van der Waals surface area (Å²) in [6.45, 7) is 3.47. The Kier molecular flexibility index (Phi) is 4.24. The van der Waals surface area contributed by atoms with Crippen molar-refractivity contribution in [3.8, 4) is 0 Å². The minimum Gasteiger partial charge on any atom is -0.342 e. The Morgan fingerprint density at radius 2 is 2.24 bits per heavy atom. The molecule has 2 N–H and O–H groups in total. The zero-order valence-corrected chi connectivity index (χ0v) is 12.6.